The van der Waals surface area contributed by atoms with Crippen LogP contribution in [0.4, 0.5) is 0 Å². The van der Waals surface area contributed by atoms with E-state index >= 15 is 0 Å². The van der Waals surface area contributed by atoms with E-state index < -0.39 is 55.1 Å². The number of carbonyl (C=O) groups is 2. The summed E-state index contributed by atoms with van der Waals surface area (Å²) in [4.78, 5) is 45.5. The lowest BCUT2D eigenvalue weighted by atomic mass is 9.46. The quantitative estimate of drug-likeness (QED) is 0.296. The van der Waals surface area contributed by atoms with Crippen molar-refractivity contribution in [2.24, 2.45) is 28.6 Å². The van der Waals surface area contributed by atoms with Gasteiger partial charge in [0, 0.05) is 22.3 Å². The second-order valence-electron chi connectivity index (χ2n) is 14.3. The molecule has 1 heterocycles. The molecule has 1 saturated heterocycles. The molecule has 9 atom stereocenters. The summed E-state index contributed by atoms with van der Waals surface area (Å²) < 4.78 is 29.8. The van der Waals surface area contributed by atoms with Gasteiger partial charge in [-0.2, -0.15) is 0 Å². The van der Waals surface area contributed by atoms with Gasteiger partial charge < -0.3 is 29.5 Å². The van der Waals surface area contributed by atoms with Crippen LogP contribution in [-0.2, 0) is 41.2 Å². The number of ether oxygens (including phenoxy) is 2. The Morgan fingerprint density at radius 2 is 1.83 bits per heavy atom. The Balaban J connectivity index is 1.22. The highest BCUT2D eigenvalue weighted by Crippen LogP contribution is 2.70. The van der Waals surface area contributed by atoms with Gasteiger partial charge in [-0.15, -0.1) is 0 Å². The van der Waals surface area contributed by atoms with Crippen LogP contribution >= 0.6 is 7.82 Å². The normalized spacial score (nSPS) is 37.5. The van der Waals surface area contributed by atoms with Crippen LogP contribution in [0.25, 0.3) is 0 Å². The zero-order valence-corrected chi connectivity index (χ0v) is 27.3. The number of allylic oxidation sites excluding steroid dienone is 4. The van der Waals surface area contributed by atoms with Gasteiger partial charge in [-0.3, -0.25) is 14.1 Å². The van der Waals surface area contributed by atoms with E-state index in [0.29, 0.717) is 24.8 Å². The van der Waals surface area contributed by atoms with Crippen LogP contribution in [0.3, 0.4) is 0 Å². The third-order valence-corrected chi connectivity index (χ3v) is 12.3. The number of benzene rings is 2. The van der Waals surface area contributed by atoms with Gasteiger partial charge in [0.25, 0.3) is 0 Å². The summed E-state index contributed by atoms with van der Waals surface area (Å²) in [5.41, 5.74) is 1.56. The molecular weight excluding hydrogens is 623 g/mol. The Morgan fingerprint density at radius 3 is 2.55 bits per heavy atom. The zero-order valence-electron chi connectivity index (χ0n) is 26.5. The Kier molecular flexibility index (Phi) is 8.13. The van der Waals surface area contributed by atoms with Crippen LogP contribution in [0.1, 0.15) is 68.1 Å². The first kappa shape index (κ1) is 32.7. The van der Waals surface area contributed by atoms with Crippen LogP contribution in [0.5, 0.6) is 0 Å². The minimum Gasteiger partial charge on any atom is -0.393 e. The molecule has 0 bridgehead atoms. The number of phosphoric ester groups is 1. The highest BCUT2D eigenvalue weighted by Gasteiger charge is 2.76. The van der Waals surface area contributed by atoms with E-state index in [2.05, 4.69) is 6.92 Å². The van der Waals surface area contributed by atoms with E-state index in [1.165, 1.54) is 0 Å². The fourth-order valence-corrected chi connectivity index (χ4v) is 10.1. The van der Waals surface area contributed by atoms with Gasteiger partial charge in [-0.05, 0) is 72.8 Å². The third-order valence-electron chi connectivity index (χ3n) is 11.9. The van der Waals surface area contributed by atoms with E-state index in [1.807, 2.05) is 61.5 Å². The summed E-state index contributed by atoms with van der Waals surface area (Å²) in [7, 11) is -4.96. The van der Waals surface area contributed by atoms with Gasteiger partial charge in [-0.1, -0.05) is 74.0 Å². The number of ketones is 2. The summed E-state index contributed by atoms with van der Waals surface area (Å²) in [5, 5.41) is 21.3. The minimum absolute atomic E-state index is 0.00655. The standard InChI is InChI=1S/C36H41O10P/c1-34-13-12-26(38)16-25(34)10-11-27-28-17-31-36(30(40)20-44-47(41,42)43,35(28,2)18-29(39)32(27)34)46-33(45-31)24-5-3-4-23(15-24)14-21-6-8-22(19-37)9-7-21/h3-9,12-13,15-16,27-29,31-33,37,39H,10-11,14,17-20H2,1-2H3,(H2,41,42,43)/t27-,28-,29-,31+,32+,33+,34-,35-,36+/m0/s1. The molecule has 2 aromatic rings. The Bertz CT molecular complexity index is 1700. The number of aliphatic hydroxyl groups excluding tert-OH is 2. The number of fused-ring (bicyclic) bond motifs is 7. The van der Waals surface area contributed by atoms with Crippen molar-refractivity contribution >= 4 is 19.4 Å². The van der Waals surface area contributed by atoms with Crippen molar-refractivity contribution in [3.63, 3.8) is 0 Å². The van der Waals surface area contributed by atoms with Crippen molar-refractivity contribution in [2.75, 3.05) is 6.61 Å². The molecule has 11 heteroatoms. The van der Waals surface area contributed by atoms with Crippen LogP contribution in [0.15, 0.2) is 72.3 Å². The number of hydrogen-bond acceptors (Lipinski definition) is 8. The number of hydrogen-bond donors (Lipinski definition) is 4. The highest BCUT2D eigenvalue weighted by atomic mass is 31.2. The van der Waals surface area contributed by atoms with Gasteiger partial charge in [0.05, 0.1) is 18.8 Å². The molecule has 7 rings (SSSR count). The fraction of sp³-hybridized carbons (Fsp3) is 0.500. The first-order chi connectivity index (χ1) is 22.3. The molecule has 0 radical (unpaired) electrons. The number of carbonyl (C=O) groups excluding carboxylic acids is 2. The number of rotatable bonds is 8. The lowest BCUT2D eigenvalue weighted by Gasteiger charge is -2.59. The minimum atomic E-state index is -4.96. The number of phosphoric acid groups is 1. The summed E-state index contributed by atoms with van der Waals surface area (Å²) in [6, 6.07) is 15.4. The lowest BCUT2D eigenvalue weighted by Crippen LogP contribution is -2.63. The van der Waals surface area contributed by atoms with E-state index in [1.54, 1.807) is 12.2 Å². The Hall–Kier alpha value is -2.79. The van der Waals surface area contributed by atoms with Crippen LogP contribution in [0.2, 0.25) is 0 Å². The molecule has 10 nitrogen and oxygen atoms in total. The topological polar surface area (TPSA) is 160 Å². The summed E-state index contributed by atoms with van der Waals surface area (Å²) in [6.07, 6.45) is 5.44. The first-order valence-electron chi connectivity index (χ1n) is 16.2. The van der Waals surface area contributed by atoms with E-state index in [0.717, 1.165) is 28.7 Å². The average Bonchev–Trinajstić information content (AvgIpc) is 3.53. The molecule has 0 aromatic heterocycles. The van der Waals surface area contributed by atoms with Crippen molar-refractivity contribution in [3.8, 4) is 0 Å². The third kappa shape index (κ3) is 5.34. The maximum atomic E-state index is 14.3. The largest absolute Gasteiger partial charge is 0.470 e. The average molecular weight is 665 g/mol. The highest BCUT2D eigenvalue weighted by molar-refractivity contribution is 7.46. The number of aliphatic hydroxyl groups is 2. The second-order valence-corrected chi connectivity index (χ2v) is 15.6. The maximum absolute atomic E-state index is 14.3. The monoisotopic (exact) mass is 664 g/mol. The SMILES string of the molecule is C[C@]12C=CC(=O)C=C1CC[C@@H]1[C@@H]2[C@@H](O)C[C@@]2(C)[C@H]1C[C@H]1O[C@@H](c3cccc(Cc4ccc(CO)cc4)c3)O[C@]12C(=O)COP(=O)(O)O. The zero-order chi connectivity index (χ0) is 33.4. The molecule has 2 aromatic carbocycles. The van der Waals surface area contributed by atoms with Crippen molar-refractivity contribution in [2.45, 2.75) is 76.7 Å². The van der Waals surface area contributed by atoms with Crippen molar-refractivity contribution in [1.82, 2.24) is 0 Å². The molecule has 0 amide bonds. The van der Waals surface area contributed by atoms with Gasteiger partial charge in [0.1, 0.15) is 6.61 Å². The van der Waals surface area contributed by atoms with Gasteiger partial charge >= 0.3 is 7.82 Å². The van der Waals surface area contributed by atoms with Gasteiger partial charge in [0.2, 0.25) is 0 Å². The molecule has 4 aliphatic carbocycles. The molecule has 5 aliphatic rings. The smallest absolute Gasteiger partial charge is 0.393 e. The summed E-state index contributed by atoms with van der Waals surface area (Å²) >= 11 is 0. The van der Waals surface area contributed by atoms with E-state index in [4.69, 9.17) is 14.0 Å². The molecule has 1 aliphatic heterocycles. The molecular formula is C36H41O10P. The molecule has 3 saturated carbocycles. The van der Waals surface area contributed by atoms with E-state index in [9.17, 15) is 34.2 Å². The van der Waals surface area contributed by atoms with Gasteiger partial charge in [0.15, 0.2) is 23.5 Å². The molecule has 4 fully saturated rings. The lowest BCUT2D eigenvalue weighted by molar-refractivity contribution is -0.200. The van der Waals surface area contributed by atoms with Gasteiger partial charge in [-0.25, -0.2) is 4.57 Å². The summed E-state index contributed by atoms with van der Waals surface area (Å²) in [5.74, 6) is -0.949. The molecule has 47 heavy (non-hydrogen) atoms. The second kappa shape index (κ2) is 11.7. The fourth-order valence-electron chi connectivity index (χ4n) is 9.81. The Morgan fingerprint density at radius 1 is 1.09 bits per heavy atom. The molecule has 0 spiro atoms. The maximum Gasteiger partial charge on any atom is 0.470 e. The molecule has 4 N–H and O–H groups in total. The first-order valence-corrected chi connectivity index (χ1v) is 17.8. The van der Waals surface area contributed by atoms with E-state index in [-0.39, 0.29) is 36.6 Å². The predicted molar refractivity (Wildman–Crippen MR) is 169 cm³/mol. The summed E-state index contributed by atoms with van der Waals surface area (Å²) in [6.45, 7) is 3.13. The van der Waals surface area contributed by atoms with Crippen LogP contribution in [-0.4, -0.2) is 56.0 Å². The predicted octanol–water partition coefficient (Wildman–Crippen LogP) is 4.49. The molecule has 0 unspecified atom stereocenters. The Labute approximate surface area is 273 Å². The van der Waals surface area contributed by atoms with Crippen molar-refractivity contribution in [1.29, 1.82) is 0 Å². The molecule has 250 valence electrons. The van der Waals surface area contributed by atoms with Crippen LogP contribution < -0.4 is 0 Å². The van der Waals surface area contributed by atoms with Crippen molar-refractivity contribution < 1.29 is 48.2 Å². The van der Waals surface area contributed by atoms with Crippen LogP contribution in [0, 0.1) is 28.6 Å². The van der Waals surface area contributed by atoms with Crippen molar-refractivity contribution in [3.05, 3.63) is 94.6 Å². The number of Topliss-reactive ketones (excluding diaryl/α,β-unsaturated/α-hetero) is 1.